The molecule has 0 atom stereocenters. The molecule has 110 valence electrons. The van der Waals surface area contributed by atoms with E-state index in [4.69, 9.17) is 4.74 Å². The van der Waals surface area contributed by atoms with E-state index in [1.807, 2.05) is 6.07 Å². The molecule has 0 spiro atoms. The molecule has 1 aliphatic rings. The number of aromatic nitrogens is 1. The molecule has 0 bridgehead atoms. The van der Waals surface area contributed by atoms with Crippen LogP contribution in [-0.4, -0.2) is 18.4 Å². The Morgan fingerprint density at radius 3 is 2.81 bits per heavy atom. The summed E-state index contributed by atoms with van der Waals surface area (Å²) < 4.78 is 5.20. The van der Waals surface area contributed by atoms with Gasteiger partial charge in [0.1, 0.15) is 5.75 Å². The number of nitrogens with one attached hydrogen (secondary N) is 1. The Kier molecular flexibility index (Phi) is 3.78. The number of pyridine rings is 1. The smallest absolute Gasteiger partial charge is 0.248 e. The molecular formula is C17H19NO3. The van der Waals surface area contributed by atoms with Crippen molar-refractivity contribution in [1.29, 1.82) is 0 Å². The van der Waals surface area contributed by atoms with Crippen LogP contribution >= 0.6 is 0 Å². The van der Waals surface area contributed by atoms with Gasteiger partial charge in [-0.1, -0.05) is 19.3 Å². The van der Waals surface area contributed by atoms with Gasteiger partial charge in [-0.3, -0.25) is 9.59 Å². The molecule has 1 saturated carbocycles. The van der Waals surface area contributed by atoms with Crippen molar-refractivity contribution in [1.82, 2.24) is 4.98 Å². The van der Waals surface area contributed by atoms with E-state index in [-0.39, 0.29) is 5.56 Å². The Bertz CT molecular complexity index is 729. The standard InChI is InChI=1S/C17H19NO3/c1-21-15-8-7-13-12(6-5-11-3-2-4-11)9-16(20)18-17(13)14(15)10-19/h7-11H,2-6H2,1H3,(H,18,20). The number of H-pyrrole nitrogens is 1. The Hall–Kier alpha value is -2.10. The first-order valence-electron chi connectivity index (χ1n) is 7.41. The maximum atomic E-state index is 11.9. The first-order valence-corrected chi connectivity index (χ1v) is 7.41. The van der Waals surface area contributed by atoms with Crippen molar-refractivity contribution in [2.24, 2.45) is 5.92 Å². The van der Waals surface area contributed by atoms with Gasteiger partial charge in [0.15, 0.2) is 6.29 Å². The van der Waals surface area contributed by atoms with Crippen LogP contribution in [0.5, 0.6) is 5.75 Å². The lowest BCUT2D eigenvalue weighted by Gasteiger charge is -2.25. The van der Waals surface area contributed by atoms with E-state index < -0.39 is 0 Å². The normalized spacial score (nSPS) is 14.9. The molecule has 1 aromatic heterocycles. The Labute approximate surface area is 123 Å². The highest BCUT2D eigenvalue weighted by Crippen LogP contribution is 2.32. The van der Waals surface area contributed by atoms with E-state index >= 15 is 0 Å². The van der Waals surface area contributed by atoms with Crippen molar-refractivity contribution < 1.29 is 9.53 Å². The van der Waals surface area contributed by atoms with Crippen molar-refractivity contribution in [2.45, 2.75) is 32.1 Å². The number of hydrogen-bond donors (Lipinski definition) is 1. The number of aryl methyl sites for hydroxylation is 1. The first kappa shape index (κ1) is 13.9. The maximum absolute atomic E-state index is 11.9. The predicted octanol–water partition coefficient (Wildman–Crippen LogP) is 3.08. The molecule has 2 aromatic rings. The van der Waals surface area contributed by atoms with Crippen LogP contribution in [0.3, 0.4) is 0 Å². The molecule has 0 amide bonds. The Morgan fingerprint density at radius 1 is 1.38 bits per heavy atom. The summed E-state index contributed by atoms with van der Waals surface area (Å²) in [6.45, 7) is 0. The van der Waals surface area contributed by atoms with Gasteiger partial charge in [0.25, 0.3) is 0 Å². The maximum Gasteiger partial charge on any atom is 0.248 e. The van der Waals surface area contributed by atoms with Crippen molar-refractivity contribution in [3.8, 4) is 5.75 Å². The van der Waals surface area contributed by atoms with Crippen LogP contribution in [-0.2, 0) is 6.42 Å². The van der Waals surface area contributed by atoms with Gasteiger partial charge in [-0.25, -0.2) is 0 Å². The van der Waals surface area contributed by atoms with Crippen LogP contribution in [0.1, 0.15) is 41.6 Å². The van der Waals surface area contributed by atoms with E-state index in [0.717, 1.165) is 36.0 Å². The van der Waals surface area contributed by atoms with Gasteiger partial charge < -0.3 is 9.72 Å². The van der Waals surface area contributed by atoms with Crippen LogP contribution in [0.25, 0.3) is 10.9 Å². The number of aromatic amines is 1. The highest BCUT2D eigenvalue weighted by atomic mass is 16.5. The zero-order valence-corrected chi connectivity index (χ0v) is 12.1. The van der Waals surface area contributed by atoms with Crippen molar-refractivity contribution in [2.75, 3.05) is 7.11 Å². The summed E-state index contributed by atoms with van der Waals surface area (Å²) in [6.07, 6.45) is 6.67. The molecule has 0 aliphatic heterocycles. The van der Waals surface area contributed by atoms with Crippen molar-refractivity contribution in [3.63, 3.8) is 0 Å². The average molecular weight is 285 g/mol. The zero-order valence-electron chi connectivity index (χ0n) is 12.1. The van der Waals surface area contributed by atoms with E-state index in [2.05, 4.69) is 4.98 Å². The molecule has 1 fully saturated rings. The number of hydrogen-bond acceptors (Lipinski definition) is 3. The molecule has 1 aromatic carbocycles. The van der Waals surface area contributed by atoms with Gasteiger partial charge in [0, 0.05) is 11.5 Å². The van der Waals surface area contributed by atoms with E-state index in [0.29, 0.717) is 16.8 Å². The minimum absolute atomic E-state index is 0.164. The van der Waals surface area contributed by atoms with Gasteiger partial charge in [-0.2, -0.15) is 0 Å². The number of carbonyl (C=O) groups is 1. The number of benzene rings is 1. The summed E-state index contributed by atoms with van der Waals surface area (Å²) in [6, 6.07) is 5.37. The number of rotatable bonds is 5. The number of carbonyl (C=O) groups excluding carboxylic acids is 1. The Morgan fingerprint density at radius 2 is 2.19 bits per heavy atom. The molecule has 1 heterocycles. The molecule has 1 aliphatic carbocycles. The second kappa shape index (κ2) is 5.72. The van der Waals surface area contributed by atoms with E-state index in [9.17, 15) is 9.59 Å². The summed E-state index contributed by atoms with van der Waals surface area (Å²) in [5.74, 6) is 1.28. The summed E-state index contributed by atoms with van der Waals surface area (Å²) >= 11 is 0. The first-order chi connectivity index (χ1) is 10.2. The molecular weight excluding hydrogens is 266 g/mol. The molecule has 0 radical (unpaired) electrons. The second-order valence-electron chi connectivity index (χ2n) is 5.72. The molecule has 0 saturated heterocycles. The summed E-state index contributed by atoms with van der Waals surface area (Å²) in [5, 5.41) is 0.942. The number of ether oxygens (including phenoxy) is 1. The molecule has 4 heteroatoms. The van der Waals surface area contributed by atoms with Crippen LogP contribution in [0.15, 0.2) is 23.0 Å². The van der Waals surface area contributed by atoms with Gasteiger partial charge in [0.05, 0.1) is 18.2 Å². The minimum atomic E-state index is -0.164. The molecule has 3 rings (SSSR count). The lowest BCUT2D eigenvalue weighted by Crippen LogP contribution is -2.13. The quantitative estimate of drug-likeness (QED) is 0.859. The van der Waals surface area contributed by atoms with Crippen molar-refractivity contribution in [3.05, 3.63) is 39.7 Å². The number of aldehydes is 1. The lowest BCUT2D eigenvalue weighted by atomic mass is 9.81. The lowest BCUT2D eigenvalue weighted by molar-refractivity contribution is 0.112. The van der Waals surface area contributed by atoms with E-state index in [1.165, 1.54) is 26.4 Å². The fraction of sp³-hybridized carbons (Fsp3) is 0.412. The van der Waals surface area contributed by atoms with Gasteiger partial charge in [-0.05, 0) is 36.5 Å². The summed E-state index contributed by atoms with van der Waals surface area (Å²) in [7, 11) is 1.52. The fourth-order valence-corrected chi connectivity index (χ4v) is 3.04. The van der Waals surface area contributed by atoms with Gasteiger partial charge in [-0.15, -0.1) is 0 Å². The molecule has 4 nitrogen and oxygen atoms in total. The molecule has 0 unspecified atom stereocenters. The van der Waals surface area contributed by atoms with Gasteiger partial charge in [0.2, 0.25) is 5.56 Å². The largest absolute Gasteiger partial charge is 0.496 e. The number of fused-ring (bicyclic) bond motifs is 1. The number of methoxy groups -OCH3 is 1. The van der Waals surface area contributed by atoms with Crippen LogP contribution in [0.4, 0.5) is 0 Å². The SMILES string of the molecule is COc1ccc2c(CCC3CCC3)cc(=O)[nH]c2c1C=O. The van der Waals surface area contributed by atoms with Crippen LogP contribution < -0.4 is 10.3 Å². The topological polar surface area (TPSA) is 59.2 Å². The van der Waals surface area contributed by atoms with E-state index in [1.54, 1.807) is 12.1 Å². The monoisotopic (exact) mass is 285 g/mol. The average Bonchev–Trinajstić information content (AvgIpc) is 2.44. The van der Waals surface area contributed by atoms with Crippen LogP contribution in [0.2, 0.25) is 0 Å². The second-order valence-corrected chi connectivity index (χ2v) is 5.72. The third-order valence-corrected chi connectivity index (χ3v) is 4.49. The predicted molar refractivity (Wildman–Crippen MR) is 82.2 cm³/mol. The summed E-state index contributed by atoms with van der Waals surface area (Å²) in [5.41, 5.74) is 1.85. The fourth-order valence-electron chi connectivity index (χ4n) is 3.04. The Balaban J connectivity index is 2.07. The van der Waals surface area contributed by atoms with Gasteiger partial charge >= 0.3 is 0 Å². The third kappa shape index (κ3) is 2.58. The molecule has 1 N–H and O–H groups in total. The van der Waals surface area contributed by atoms with Crippen molar-refractivity contribution >= 4 is 17.2 Å². The third-order valence-electron chi connectivity index (χ3n) is 4.49. The zero-order chi connectivity index (χ0) is 14.8. The highest BCUT2D eigenvalue weighted by molar-refractivity contribution is 5.99. The van der Waals surface area contributed by atoms with Crippen LogP contribution in [0, 0.1) is 5.92 Å². The summed E-state index contributed by atoms with van der Waals surface area (Å²) in [4.78, 5) is 26.0. The molecule has 21 heavy (non-hydrogen) atoms. The minimum Gasteiger partial charge on any atom is -0.496 e. The highest BCUT2D eigenvalue weighted by Gasteiger charge is 2.18.